The SMILES string of the molecule is CC(C)(C)[Si](C)(C)OCCCn1cnc2ccc(Sc3cnc(I)cn3)c(Cl)c2c1=O. The number of aryl methyl sites for hydroxylation is 1. The zero-order valence-corrected chi connectivity index (χ0v) is 23.0. The molecular weight excluding hydrogens is 563 g/mol. The van der Waals surface area contributed by atoms with Gasteiger partial charge in [0.05, 0.1) is 34.6 Å². The van der Waals surface area contributed by atoms with Gasteiger partial charge < -0.3 is 4.43 Å². The molecular formula is C21H26ClIN4O2SSi. The third-order valence-electron chi connectivity index (χ3n) is 5.52. The van der Waals surface area contributed by atoms with Gasteiger partial charge in [0.1, 0.15) is 8.73 Å². The van der Waals surface area contributed by atoms with Crippen molar-refractivity contribution < 1.29 is 4.43 Å². The van der Waals surface area contributed by atoms with E-state index in [-0.39, 0.29) is 10.6 Å². The number of fused-ring (bicyclic) bond motifs is 1. The fourth-order valence-corrected chi connectivity index (χ4v) is 5.15. The third-order valence-corrected chi connectivity index (χ3v) is 12.1. The van der Waals surface area contributed by atoms with E-state index in [1.54, 1.807) is 23.3 Å². The van der Waals surface area contributed by atoms with Crippen LogP contribution in [0.4, 0.5) is 0 Å². The molecule has 2 heterocycles. The monoisotopic (exact) mass is 588 g/mol. The summed E-state index contributed by atoms with van der Waals surface area (Å²) in [4.78, 5) is 26.9. The van der Waals surface area contributed by atoms with Gasteiger partial charge >= 0.3 is 0 Å². The van der Waals surface area contributed by atoms with Crippen molar-refractivity contribution in [1.82, 2.24) is 19.5 Å². The predicted molar refractivity (Wildman–Crippen MR) is 138 cm³/mol. The fourth-order valence-electron chi connectivity index (χ4n) is 2.67. The lowest BCUT2D eigenvalue weighted by Crippen LogP contribution is -2.41. The Hall–Kier alpha value is -1.01. The molecule has 31 heavy (non-hydrogen) atoms. The van der Waals surface area contributed by atoms with E-state index in [0.717, 1.165) is 15.0 Å². The van der Waals surface area contributed by atoms with Crippen molar-refractivity contribution >= 4 is 65.2 Å². The van der Waals surface area contributed by atoms with Gasteiger partial charge in [0.2, 0.25) is 0 Å². The largest absolute Gasteiger partial charge is 0.417 e. The smallest absolute Gasteiger partial charge is 0.262 e. The topological polar surface area (TPSA) is 69.9 Å². The minimum absolute atomic E-state index is 0.140. The van der Waals surface area contributed by atoms with E-state index in [9.17, 15) is 4.79 Å². The highest BCUT2D eigenvalue weighted by atomic mass is 127. The lowest BCUT2D eigenvalue weighted by Gasteiger charge is -2.36. The van der Waals surface area contributed by atoms with Gasteiger partial charge in [-0.05, 0) is 59.3 Å². The summed E-state index contributed by atoms with van der Waals surface area (Å²) in [7, 11) is -1.80. The van der Waals surface area contributed by atoms with Gasteiger partial charge in [-0.15, -0.1) is 0 Å². The molecule has 0 unspecified atom stereocenters. The number of halogens is 2. The van der Waals surface area contributed by atoms with Crippen LogP contribution in [0.5, 0.6) is 0 Å². The average molecular weight is 589 g/mol. The molecule has 166 valence electrons. The van der Waals surface area contributed by atoms with Crippen LogP contribution in [-0.4, -0.2) is 34.4 Å². The Morgan fingerprint density at radius 2 is 1.94 bits per heavy atom. The number of benzene rings is 1. The highest BCUT2D eigenvalue weighted by molar-refractivity contribution is 14.1. The standard InChI is InChI=1S/C21H26ClIN4O2SSi/c1-21(2,3)31(4,5)29-10-6-9-27-13-26-14-7-8-15(19(22)18(14)20(27)28)30-17-12-24-16(23)11-25-17/h7-8,11-13H,6,9-10H2,1-5H3. The van der Waals surface area contributed by atoms with Crippen molar-refractivity contribution in [2.45, 2.75) is 61.8 Å². The highest BCUT2D eigenvalue weighted by Gasteiger charge is 2.36. The second-order valence-electron chi connectivity index (χ2n) is 8.76. The van der Waals surface area contributed by atoms with Crippen LogP contribution >= 0.6 is 46.0 Å². The van der Waals surface area contributed by atoms with Crippen molar-refractivity contribution in [1.29, 1.82) is 0 Å². The Kier molecular flexibility index (Phi) is 7.83. The molecule has 2 aromatic heterocycles. The van der Waals surface area contributed by atoms with E-state index in [0.29, 0.717) is 34.1 Å². The minimum atomic E-state index is -1.80. The maximum atomic E-state index is 13.1. The van der Waals surface area contributed by atoms with Crippen LogP contribution in [0.3, 0.4) is 0 Å². The number of nitrogens with zero attached hydrogens (tertiary/aromatic N) is 4. The molecule has 1 aromatic carbocycles. The van der Waals surface area contributed by atoms with E-state index in [4.69, 9.17) is 16.0 Å². The zero-order chi connectivity index (χ0) is 22.8. The van der Waals surface area contributed by atoms with Crippen LogP contribution in [-0.2, 0) is 11.0 Å². The van der Waals surface area contributed by atoms with Crippen LogP contribution in [0, 0.1) is 3.70 Å². The first-order chi connectivity index (χ1) is 14.5. The summed E-state index contributed by atoms with van der Waals surface area (Å²) in [6.45, 7) is 12.3. The Morgan fingerprint density at radius 3 is 2.58 bits per heavy atom. The fraction of sp³-hybridized carbons (Fsp3) is 0.429. The maximum Gasteiger partial charge on any atom is 0.262 e. The molecule has 0 N–H and O–H groups in total. The number of aromatic nitrogens is 4. The van der Waals surface area contributed by atoms with Crippen LogP contribution in [0.25, 0.3) is 10.9 Å². The lowest BCUT2D eigenvalue weighted by molar-refractivity contribution is 0.274. The summed E-state index contributed by atoms with van der Waals surface area (Å²) in [5.41, 5.74) is 0.445. The highest BCUT2D eigenvalue weighted by Crippen LogP contribution is 2.37. The normalized spacial score (nSPS) is 12.5. The average Bonchev–Trinajstić information content (AvgIpc) is 2.69. The quantitative estimate of drug-likeness (QED) is 0.191. The number of rotatable bonds is 7. The van der Waals surface area contributed by atoms with Crippen LogP contribution < -0.4 is 5.56 Å². The Bertz CT molecular complexity index is 1130. The molecule has 0 fully saturated rings. The number of hydrogen-bond acceptors (Lipinski definition) is 6. The molecule has 0 spiro atoms. The summed E-state index contributed by atoms with van der Waals surface area (Å²) in [5, 5.41) is 1.70. The van der Waals surface area contributed by atoms with Crippen molar-refractivity contribution in [2.75, 3.05) is 6.61 Å². The van der Waals surface area contributed by atoms with Crippen molar-refractivity contribution in [3.8, 4) is 0 Å². The Labute approximate surface area is 206 Å². The van der Waals surface area contributed by atoms with Crippen molar-refractivity contribution in [3.05, 3.63) is 49.9 Å². The molecule has 0 bridgehead atoms. The van der Waals surface area contributed by atoms with Gasteiger partial charge in [-0.25, -0.2) is 15.0 Å². The summed E-state index contributed by atoms with van der Waals surface area (Å²) in [5.74, 6) is 0. The van der Waals surface area contributed by atoms with Crippen LogP contribution in [0.2, 0.25) is 23.2 Å². The maximum absolute atomic E-state index is 13.1. The Balaban J connectivity index is 1.78. The molecule has 0 aliphatic carbocycles. The van der Waals surface area contributed by atoms with E-state index < -0.39 is 8.32 Å². The molecule has 0 atom stereocenters. The van der Waals surface area contributed by atoms with E-state index in [1.165, 1.54) is 11.8 Å². The first-order valence-corrected chi connectivity index (χ1v) is 15.1. The summed E-state index contributed by atoms with van der Waals surface area (Å²) in [6, 6.07) is 3.68. The molecule has 6 nitrogen and oxygen atoms in total. The summed E-state index contributed by atoms with van der Waals surface area (Å²) >= 11 is 10.1. The molecule has 3 aromatic rings. The Morgan fingerprint density at radius 1 is 1.19 bits per heavy atom. The molecule has 0 aliphatic heterocycles. The van der Waals surface area contributed by atoms with Gasteiger partial charge in [-0.1, -0.05) is 44.1 Å². The molecule has 10 heteroatoms. The molecule has 0 amide bonds. The van der Waals surface area contributed by atoms with E-state index >= 15 is 0 Å². The third kappa shape index (κ3) is 5.87. The second-order valence-corrected chi connectivity index (χ2v) is 16.1. The minimum Gasteiger partial charge on any atom is -0.417 e. The van der Waals surface area contributed by atoms with E-state index in [2.05, 4.69) is 71.4 Å². The second kappa shape index (κ2) is 9.86. The van der Waals surface area contributed by atoms with Crippen LogP contribution in [0.1, 0.15) is 27.2 Å². The lowest BCUT2D eigenvalue weighted by atomic mass is 10.2. The zero-order valence-electron chi connectivity index (χ0n) is 18.3. The van der Waals surface area contributed by atoms with Gasteiger partial charge in [0.15, 0.2) is 8.32 Å². The van der Waals surface area contributed by atoms with Crippen LogP contribution in [0.15, 0.2) is 45.6 Å². The predicted octanol–water partition coefficient (Wildman–Crippen LogP) is 6.01. The first kappa shape index (κ1) is 24.6. The van der Waals surface area contributed by atoms with Gasteiger partial charge in [-0.3, -0.25) is 9.36 Å². The first-order valence-electron chi connectivity index (χ1n) is 9.96. The summed E-state index contributed by atoms with van der Waals surface area (Å²) in [6.07, 6.45) is 5.71. The van der Waals surface area contributed by atoms with Crippen molar-refractivity contribution in [3.63, 3.8) is 0 Å². The van der Waals surface area contributed by atoms with Gasteiger partial charge in [-0.2, -0.15) is 0 Å². The molecule has 0 saturated carbocycles. The van der Waals surface area contributed by atoms with Crippen molar-refractivity contribution in [2.24, 2.45) is 0 Å². The molecule has 0 radical (unpaired) electrons. The molecule has 0 aliphatic rings. The van der Waals surface area contributed by atoms with Gasteiger partial charge in [0, 0.05) is 18.0 Å². The van der Waals surface area contributed by atoms with Gasteiger partial charge in [0.25, 0.3) is 5.56 Å². The number of hydrogen-bond donors (Lipinski definition) is 0. The molecule has 0 saturated heterocycles. The summed E-state index contributed by atoms with van der Waals surface area (Å²) < 4.78 is 8.65. The van der Waals surface area contributed by atoms with E-state index in [1.807, 2.05) is 12.1 Å². The molecule has 3 rings (SSSR count).